The Morgan fingerprint density at radius 2 is 1.28 bits per heavy atom. The van der Waals surface area contributed by atoms with Crippen molar-refractivity contribution in [2.24, 2.45) is 11.7 Å². The maximum atomic E-state index is 11.5. The topological polar surface area (TPSA) is 129 Å². The minimum absolute atomic E-state index is 0.144. The molecule has 1 aromatic rings. The van der Waals surface area contributed by atoms with Crippen LogP contribution in [0.3, 0.4) is 0 Å². The van der Waals surface area contributed by atoms with E-state index < -0.39 is 11.8 Å². The second-order valence-corrected chi connectivity index (χ2v) is 3.20. The highest BCUT2D eigenvalue weighted by molar-refractivity contribution is 6.02. The molecular weight excluding hydrogens is 240 g/mol. The molecule has 0 aromatic heterocycles. The van der Waals surface area contributed by atoms with Crippen LogP contribution in [0, 0.1) is 0 Å². The molecule has 0 bridgehead atoms. The highest BCUT2D eigenvalue weighted by atomic mass is 16.5. The number of rotatable bonds is 4. The van der Waals surface area contributed by atoms with E-state index in [1.165, 1.54) is 26.4 Å². The third-order valence-corrected chi connectivity index (χ3v) is 2.27. The molecule has 1 rings (SSSR count). The highest BCUT2D eigenvalue weighted by Crippen LogP contribution is 2.28. The Hall–Kier alpha value is -2.32. The standard InChI is InChI=1S/C10H14N4O4/c1-17-7-3-6(10(16)14-12)8(18-2)4-5(7)9(15)13-11/h3-4H,11-12H2,1-2H3,(H,13,15)(H,14,16). The lowest BCUT2D eigenvalue weighted by molar-refractivity contribution is 0.0936. The second-order valence-electron chi connectivity index (χ2n) is 3.20. The van der Waals surface area contributed by atoms with Crippen molar-refractivity contribution >= 4 is 11.8 Å². The van der Waals surface area contributed by atoms with E-state index in [4.69, 9.17) is 21.2 Å². The quantitative estimate of drug-likeness (QED) is 0.307. The minimum Gasteiger partial charge on any atom is -0.496 e. The summed E-state index contributed by atoms with van der Waals surface area (Å²) >= 11 is 0. The molecular formula is C10H14N4O4. The number of nitrogen functional groups attached to an aromatic ring is 2. The molecule has 8 nitrogen and oxygen atoms in total. The summed E-state index contributed by atoms with van der Waals surface area (Å²) in [5.41, 5.74) is 4.23. The molecule has 18 heavy (non-hydrogen) atoms. The van der Waals surface area contributed by atoms with Gasteiger partial charge in [-0.05, 0) is 12.1 Å². The number of methoxy groups -OCH3 is 2. The predicted molar refractivity (Wildman–Crippen MR) is 62.9 cm³/mol. The summed E-state index contributed by atoms with van der Waals surface area (Å²) in [7, 11) is 2.72. The molecule has 0 atom stereocenters. The maximum absolute atomic E-state index is 11.5. The first-order chi connectivity index (χ1) is 8.58. The average molecular weight is 254 g/mol. The van der Waals surface area contributed by atoms with E-state index in [0.717, 1.165) is 0 Å². The zero-order valence-electron chi connectivity index (χ0n) is 9.94. The van der Waals surface area contributed by atoms with Crippen LogP contribution >= 0.6 is 0 Å². The first-order valence-corrected chi connectivity index (χ1v) is 4.87. The first kappa shape index (κ1) is 13.7. The number of hydrogen-bond acceptors (Lipinski definition) is 6. The molecule has 0 saturated carbocycles. The molecule has 0 heterocycles. The predicted octanol–water partition coefficient (Wildman–Crippen LogP) is -1.09. The zero-order valence-corrected chi connectivity index (χ0v) is 9.94. The summed E-state index contributed by atoms with van der Waals surface area (Å²) in [4.78, 5) is 23.0. The molecule has 0 radical (unpaired) electrons. The average Bonchev–Trinajstić information content (AvgIpc) is 2.43. The molecule has 0 fully saturated rings. The van der Waals surface area contributed by atoms with Crippen LogP contribution in [0.2, 0.25) is 0 Å². The van der Waals surface area contributed by atoms with Crippen molar-refractivity contribution in [3.05, 3.63) is 23.3 Å². The van der Waals surface area contributed by atoms with Crippen LogP contribution in [-0.4, -0.2) is 26.0 Å². The van der Waals surface area contributed by atoms with E-state index in [1.54, 1.807) is 0 Å². The largest absolute Gasteiger partial charge is 0.496 e. The van der Waals surface area contributed by atoms with E-state index in [0.29, 0.717) is 0 Å². The van der Waals surface area contributed by atoms with Crippen LogP contribution in [0.15, 0.2) is 12.1 Å². The van der Waals surface area contributed by atoms with Crippen molar-refractivity contribution in [2.45, 2.75) is 0 Å². The molecule has 0 saturated heterocycles. The summed E-state index contributed by atoms with van der Waals surface area (Å²) in [6, 6.07) is 2.68. The molecule has 98 valence electrons. The highest BCUT2D eigenvalue weighted by Gasteiger charge is 2.19. The van der Waals surface area contributed by atoms with Gasteiger partial charge in [-0.1, -0.05) is 0 Å². The first-order valence-electron chi connectivity index (χ1n) is 4.87. The minimum atomic E-state index is -0.565. The van der Waals surface area contributed by atoms with Crippen LogP contribution < -0.4 is 32.0 Å². The Morgan fingerprint density at radius 1 is 0.944 bits per heavy atom. The number of nitrogens with two attached hydrogens (primary N) is 2. The van der Waals surface area contributed by atoms with E-state index in [1.807, 2.05) is 10.9 Å². The van der Waals surface area contributed by atoms with Crippen LogP contribution in [-0.2, 0) is 0 Å². The Bertz CT molecular complexity index is 431. The lowest BCUT2D eigenvalue weighted by Gasteiger charge is -2.13. The lowest BCUT2D eigenvalue weighted by atomic mass is 10.1. The molecule has 0 aliphatic carbocycles. The van der Waals surface area contributed by atoms with Gasteiger partial charge in [0, 0.05) is 0 Å². The van der Waals surface area contributed by atoms with Gasteiger partial charge in [0.15, 0.2) is 0 Å². The van der Waals surface area contributed by atoms with Gasteiger partial charge < -0.3 is 9.47 Å². The summed E-state index contributed by atoms with van der Waals surface area (Å²) < 4.78 is 10.0. The van der Waals surface area contributed by atoms with Gasteiger partial charge in [-0.15, -0.1) is 0 Å². The summed E-state index contributed by atoms with van der Waals surface area (Å²) in [5, 5.41) is 0. The number of amides is 2. The Kier molecular flexibility index (Phi) is 4.46. The van der Waals surface area contributed by atoms with Gasteiger partial charge in [0.2, 0.25) is 0 Å². The molecule has 0 aliphatic heterocycles. The smallest absolute Gasteiger partial charge is 0.269 e. The van der Waals surface area contributed by atoms with Gasteiger partial charge in [0.05, 0.1) is 25.3 Å². The van der Waals surface area contributed by atoms with E-state index in [-0.39, 0.29) is 22.6 Å². The van der Waals surface area contributed by atoms with E-state index in [2.05, 4.69) is 0 Å². The Morgan fingerprint density at radius 3 is 1.50 bits per heavy atom. The number of nitrogens with one attached hydrogen (secondary N) is 2. The molecule has 1 aromatic carbocycles. The fraction of sp³-hybridized carbons (Fsp3) is 0.200. The van der Waals surface area contributed by atoms with Gasteiger partial charge in [-0.25, -0.2) is 11.7 Å². The number of hydrazine groups is 2. The van der Waals surface area contributed by atoms with Gasteiger partial charge >= 0.3 is 0 Å². The number of hydrogen-bond donors (Lipinski definition) is 4. The van der Waals surface area contributed by atoms with Crippen LogP contribution in [0.4, 0.5) is 0 Å². The van der Waals surface area contributed by atoms with Crippen LogP contribution in [0.25, 0.3) is 0 Å². The second kappa shape index (κ2) is 5.84. The fourth-order valence-corrected chi connectivity index (χ4v) is 1.41. The Labute approximate surface area is 103 Å². The van der Waals surface area contributed by atoms with Crippen LogP contribution in [0.5, 0.6) is 11.5 Å². The van der Waals surface area contributed by atoms with Crippen molar-refractivity contribution in [3.8, 4) is 11.5 Å². The van der Waals surface area contributed by atoms with Gasteiger partial charge in [0.25, 0.3) is 11.8 Å². The molecule has 0 unspecified atom stereocenters. The van der Waals surface area contributed by atoms with E-state index >= 15 is 0 Å². The molecule has 0 spiro atoms. The maximum Gasteiger partial charge on any atom is 0.269 e. The SMILES string of the molecule is COc1cc(C(=O)NN)c(OC)cc1C(=O)NN. The normalized spacial score (nSPS) is 9.56. The summed E-state index contributed by atoms with van der Waals surface area (Å²) in [6.45, 7) is 0. The number of benzene rings is 1. The fourth-order valence-electron chi connectivity index (χ4n) is 1.41. The van der Waals surface area contributed by atoms with Crippen molar-refractivity contribution in [1.29, 1.82) is 0 Å². The zero-order chi connectivity index (χ0) is 13.7. The van der Waals surface area contributed by atoms with Gasteiger partial charge in [-0.2, -0.15) is 0 Å². The number of carbonyl (C=O) groups is 2. The third kappa shape index (κ3) is 2.50. The van der Waals surface area contributed by atoms with Gasteiger partial charge in [-0.3, -0.25) is 20.4 Å². The van der Waals surface area contributed by atoms with Gasteiger partial charge in [0.1, 0.15) is 11.5 Å². The summed E-state index contributed by atoms with van der Waals surface area (Å²) in [5.74, 6) is 9.32. The van der Waals surface area contributed by atoms with Crippen molar-refractivity contribution in [1.82, 2.24) is 10.9 Å². The lowest BCUT2D eigenvalue weighted by Crippen LogP contribution is -2.32. The van der Waals surface area contributed by atoms with E-state index in [9.17, 15) is 9.59 Å². The molecule has 6 N–H and O–H groups in total. The van der Waals surface area contributed by atoms with Crippen molar-refractivity contribution < 1.29 is 19.1 Å². The number of carbonyl (C=O) groups excluding carboxylic acids is 2. The molecule has 0 aliphatic rings. The van der Waals surface area contributed by atoms with Crippen LogP contribution in [0.1, 0.15) is 20.7 Å². The monoisotopic (exact) mass is 254 g/mol. The molecule has 8 heteroatoms. The van der Waals surface area contributed by atoms with Crippen molar-refractivity contribution in [3.63, 3.8) is 0 Å². The summed E-state index contributed by atoms with van der Waals surface area (Å²) in [6.07, 6.45) is 0. The van der Waals surface area contributed by atoms with Crippen molar-refractivity contribution in [2.75, 3.05) is 14.2 Å². The Balaban J connectivity index is 3.41. The number of ether oxygens (including phenoxy) is 2. The molecule has 2 amide bonds. The third-order valence-electron chi connectivity index (χ3n) is 2.27.